The van der Waals surface area contributed by atoms with E-state index in [9.17, 15) is 0 Å². The predicted molar refractivity (Wildman–Crippen MR) is 219 cm³/mol. The molecule has 2 aliphatic rings. The van der Waals surface area contributed by atoms with Crippen LogP contribution in [0.25, 0.3) is 66.1 Å². The third kappa shape index (κ3) is 4.51. The summed E-state index contributed by atoms with van der Waals surface area (Å²) in [6.45, 7) is 6.77. The molecule has 0 N–H and O–H groups in total. The van der Waals surface area contributed by atoms with E-state index < -0.39 is 0 Å². The first-order valence-electron chi connectivity index (χ1n) is 19.2. The first-order chi connectivity index (χ1) is 26.0. The summed E-state index contributed by atoms with van der Waals surface area (Å²) in [5.41, 5.74) is 19.9. The fraction of sp³-hybridized carbons (Fsp3) is 0.176. The molecule has 0 saturated heterocycles. The third-order valence-electron chi connectivity index (χ3n) is 12.9. The second-order valence-corrected chi connectivity index (χ2v) is 15.6. The second-order valence-electron chi connectivity index (χ2n) is 15.6. The standard InChI is InChI=1S/C51H40O2/c1-29-30(2)51-49(45-28-35(22-25-47(45)53-51)43-26-33-13-5-7-16-38(33)40-17-9-8-14-36(40)31(43)3)48-44-27-34(21-24-46(44)52-50(29)48)39-23-20-32-12-4-6-15-37(32)41-18-10-11-19-42(39)41/h4-19,21-22,24-25,27-28,31,39,43H,20,23,26H2,1-3H3. The number of benzene rings is 7. The van der Waals surface area contributed by atoms with Crippen LogP contribution in [0.4, 0.5) is 0 Å². The predicted octanol–water partition coefficient (Wildman–Crippen LogP) is 14.0. The Morgan fingerprint density at radius 2 is 1.02 bits per heavy atom. The van der Waals surface area contributed by atoms with Crippen molar-refractivity contribution in [3.05, 3.63) is 178 Å². The van der Waals surface area contributed by atoms with Crippen LogP contribution in [0.3, 0.4) is 0 Å². The van der Waals surface area contributed by atoms with E-state index in [1.807, 2.05) is 0 Å². The Balaban J connectivity index is 1.12. The lowest BCUT2D eigenvalue weighted by Crippen LogP contribution is -2.10. The molecule has 2 heterocycles. The molecule has 2 aliphatic carbocycles. The second kappa shape index (κ2) is 11.6. The molecule has 0 aliphatic heterocycles. The van der Waals surface area contributed by atoms with Crippen LogP contribution >= 0.6 is 0 Å². The molecule has 256 valence electrons. The molecule has 0 amide bonds. The molecule has 0 bridgehead atoms. The van der Waals surface area contributed by atoms with Crippen LogP contribution in [-0.2, 0) is 12.8 Å². The lowest BCUT2D eigenvalue weighted by Gasteiger charge is -2.24. The van der Waals surface area contributed by atoms with Gasteiger partial charge in [0.25, 0.3) is 0 Å². The Morgan fingerprint density at radius 3 is 1.70 bits per heavy atom. The number of aryl methyl sites for hydroxylation is 3. The van der Waals surface area contributed by atoms with Gasteiger partial charge in [-0.15, -0.1) is 0 Å². The highest BCUT2D eigenvalue weighted by atomic mass is 16.3. The topological polar surface area (TPSA) is 26.3 Å². The average molecular weight is 685 g/mol. The Labute approximate surface area is 309 Å². The molecule has 3 unspecified atom stereocenters. The van der Waals surface area contributed by atoms with Gasteiger partial charge in [0.2, 0.25) is 0 Å². The third-order valence-corrected chi connectivity index (χ3v) is 12.9. The molecule has 0 fully saturated rings. The van der Waals surface area contributed by atoms with Gasteiger partial charge in [-0.05, 0) is 136 Å². The van der Waals surface area contributed by atoms with E-state index in [4.69, 9.17) is 8.83 Å². The van der Waals surface area contributed by atoms with Gasteiger partial charge >= 0.3 is 0 Å². The monoisotopic (exact) mass is 684 g/mol. The summed E-state index contributed by atoms with van der Waals surface area (Å²) in [6.07, 6.45) is 3.10. The molecular formula is C51H40O2. The minimum absolute atomic E-state index is 0.283. The van der Waals surface area contributed by atoms with E-state index in [2.05, 4.69) is 154 Å². The maximum absolute atomic E-state index is 6.80. The Bertz CT molecular complexity index is 2930. The molecule has 0 saturated carbocycles. The van der Waals surface area contributed by atoms with Gasteiger partial charge in [-0.3, -0.25) is 0 Å². The van der Waals surface area contributed by atoms with Crippen molar-refractivity contribution in [2.75, 3.05) is 0 Å². The Kier molecular flexibility index (Phi) is 6.71. The van der Waals surface area contributed by atoms with Crippen molar-refractivity contribution in [1.29, 1.82) is 0 Å². The molecule has 53 heavy (non-hydrogen) atoms. The number of fused-ring (bicyclic) bond motifs is 13. The fourth-order valence-corrected chi connectivity index (χ4v) is 10.0. The average Bonchev–Trinajstić information content (AvgIpc) is 3.68. The first-order valence-corrected chi connectivity index (χ1v) is 19.2. The van der Waals surface area contributed by atoms with Gasteiger partial charge in [0.1, 0.15) is 22.3 Å². The van der Waals surface area contributed by atoms with E-state index >= 15 is 0 Å². The summed E-state index contributed by atoms with van der Waals surface area (Å²) in [5.74, 6) is 0.956. The number of rotatable bonds is 2. The zero-order valence-corrected chi connectivity index (χ0v) is 30.4. The Morgan fingerprint density at radius 1 is 0.509 bits per heavy atom. The maximum atomic E-state index is 6.80. The molecule has 2 heteroatoms. The normalized spacial score (nSPS) is 18.1. The lowest BCUT2D eigenvalue weighted by molar-refractivity contribution is 0.579. The van der Waals surface area contributed by atoms with Gasteiger partial charge in [0.05, 0.1) is 0 Å². The molecule has 0 radical (unpaired) electrons. The minimum atomic E-state index is 0.283. The summed E-state index contributed by atoms with van der Waals surface area (Å²) in [7, 11) is 0. The number of hydrogen-bond acceptors (Lipinski definition) is 2. The SMILES string of the molecule is Cc1c(C)c2oc3ccc(C4Cc5ccccc5-c5ccccc5C4C)cc3c2c2c1oc1ccc(C3CCc4ccccc4-c4ccccc43)cc12. The van der Waals surface area contributed by atoms with Crippen molar-refractivity contribution in [3.8, 4) is 22.3 Å². The molecule has 11 rings (SSSR count). The van der Waals surface area contributed by atoms with E-state index in [1.165, 1.54) is 77.2 Å². The maximum Gasteiger partial charge on any atom is 0.139 e. The van der Waals surface area contributed by atoms with Crippen LogP contribution in [0.5, 0.6) is 0 Å². The number of furan rings is 2. The largest absolute Gasteiger partial charge is 0.456 e. The van der Waals surface area contributed by atoms with Crippen molar-refractivity contribution in [2.45, 2.75) is 57.8 Å². The van der Waals surface area contributed by atoms with Gasteiger partial charge < -0.3 is 8.83 Å². The highest BCUT2D eigenvalue weighted by Crippen LogP contribution is 2.49. The molecular weight excluding hydrogens is 645 g/mol. The van der Waals surface area contributed by atoms with Crippen LogP contribution in [0.15, 0.2) is 142 Å². The van der Waals surface area contributed by atoms with Crippen molar-refractivity contribution < 1.29 is 8.83 Å². The van der Waals surface area contributed by atoms with Crippen LogP contribution in [0, 0.1) is 13.8 Å². The van der Waals surface area contributed by atoms with Gasteiger partial charge in [-0.1, -0.05) is 116 Å². The van der Waals surface area contributed by atoms with E-state index in [0.29, 0.717) is 11.8 Å². The van der Waals surface area contributed by atoms with Gasteiger partial charge in [0, 0.05) is 27.5 Å². The van der Waals surface area contributed by atoms with Crippen LogP contribution < -0.4 is 0 Å². The lowest BCUT2D eigenvalue weighted by atomic mass is 9.80. The smallest absolute Gasteiger partial charge is 0.139 e. The zero-order chi connectivity index (χ0) is 35.4. The number of hydrogen-bond donors (Lipinski definition) is 0. The molecule has 2 nitrogen and oxygen atoms in total. The molecule has 9 aromatic rings. The van der Waals surface area contributed by atoms with Crippen LogP contribution in [0.1, 0.15) is 75.6 Å². The summed E-state index contributed by atoms with van der Waals surface area (Å²) in [4.78, 5) is 0. The summed E-state index contributed by atoms with van der Waals surface area (Å²) >= 11 is 0. The Hall–Kier alpha value is -5.86. The molecule has 2 aromatic heterocycles. The van der Waals surface area contributed by atoms with Crippen LogP contribution in [0.2, 0.25) is 0 Å². The highest BCUT2D eigenvalue weighted by Gasteiger charge is 2.30. The van der Waals surface area contributed by atoms with Crippen LogP contribution in [-0.4, -0.2) is 0 Å². The first kappa shape index (κ1) is 30.7. The van der Waals surface area contributed by atoms with E-state index in [-0.39, 0.29) is 5.92 Å². The van der Waals surface area contributed by atoms with Gasteiger partial charge in [-0.2, -0.15) is 0 Å². The van der Waals surface area contributed by atoms with Crippen molar-refractivity contribution >= 4 is 43.9 Å². The summed E-state index contributed by atoms with van der Waals surface area (Å²) in [5, 5.41) is 4.69. The van der Waals surface area contributed by atoms with Gasteiger partial charge in [0.15, 0.2) is 0 Å². The fourth-order valence-electron chi connectivity index (χ4n) is 10.0. The molecule has 0 spiro atoms. The van der Waals surface area contributed by atoms with E-state index in [0.717, 1.165) is 52.7 Å². The minimum Gasteiger partial charge on any atom is -0.456 e. The van der Waals surface area contributed by atoms with Crippen molar-refractivity contribution in [2.24, 2.45) is 0 Å². The summed E-state index contributed by atoms with van der Waals surface area (Å²) < 4.78 is 13.6. The van der Waals surface area contributed by atoms with Crippen molar-refractivity contribution in [3.63, 3.8) is 0 Å². The highest BCUT2D eigenvalue weighted by molar-refractivity contribution is 6.27. The van der Waals surface area contributed by atoms with Crippen molar-refractivity contribution in [1.82, 2.24) is 0 Å². The van der Waals surface area contributed by atoms with E-state index in [1.54, 1.807) is 0 Å². The quantitative estimate of drug-likeness (QED) is 0.181. The van der Waals surface area contributed by atoms with Gasteiger partial charge in [-0.25, -0.2) is 0 Å². The zero-order valence-electron chi connectivity index (χ0n) is 30.4. The summed E-state index contributed by atoms with van der Waals surface area (Å²) in [6, 6.07) is 49.8. The molecule has 3 atom stereocenters. The molecule has 7 aromatic carbocycles.